The maximum Gasteiger partial charge on any atom is 0.322 e. The van der Waals surface area contributed by atoms with Gasteiger partial charge < -0.3 is 14.8 Å². The van der Waals surface area contributed by atoms with Crippen LogP contribution in [-0.2, 0) is 14.3 Å². The third-order valence-electron chi connectivity index (χ3n) is 3.98. The van der Waals surface area contributed by atoms with Crippen molar-refractivity contribution in [3.8, 4) is 0 Å². The van der Waals surface area contributed by atoms with Crippen LogP contribution in [-0.4, -0.2) is 62.4 Å². The molecule has 0 spiro atoms. The number of fused-ring (bicyclic) bond motifs is 2. The molecule has 3 atom stereocenters. The van der Waals surface area contributed by atoms with Gasteiger partial charge in [-0.3, -0.25) is 9.69 Å². The molecule has 5 nitrogen and oxygen atoms in total. The number of hydrogen-bond acceptors (Lipinski definition) is 5. The van der Waals surface area contributed by atoms with Crippen LogP contribution in [0.4, 0.5) is 0 Å². The van der Waals surface area contributed by atoms with Gasteiger partial charge in [0, 0.05) is 19.6 Å². The van der Waals surface area contributed by atoms with Gasteiger partial charge in [0.25, 0.3) is 0 Å². The maximum atomic E-state index is 11.7. The normalized spacial score (nSPS) is 28.3. The first-order valence-corrected chi connectivity index (χ1v) is 7.42. The first kappa shape index (κ1) is 14.8. The van der Waals surface area contributed by atoms with E-state index in [1.807, 2.05) is 0 Å². The van der Waals surface area contributed by atoms with Gasteiger partial charge in [-0.1, -0.05) is 6.92 Å². The predicted molar refractivity (Wildman–Crippen MR) is 73.0 cm³/mol. The Bertz CT molecular complexity index is 286. The zero-order valence-electron chi connectivity index (χ0n) is 12.1. The first-order valence-electron chi connectivity index (χ1n) is 7.42. The van der Waals surface area contributed by atoms with E-state index in [4.69, 9.17) is 9.47 Å². The lowest BCUT2D eigenvalue weighted by Crippen LogP contribution is -2.46. The Morgan fingerprint density at radius 1 is 1.42 bits per heavy atom. The fourth-order valence-electron chi connectivity index (χ4n) is 2.96. The fraction of sp³-hybridized carbons (Fsp3) is 0.929. The number of ether oxygens (including phenoxy) is 2. The number of likely N-dealkylation sites (tertiary alicyclic amines) is 1. The molecule has 0 aromatic carbocycles. The lowest BCUT2D eigenvalue weighted by Gasteiger charge is -2.32. The predicted octanol–water partition coefficient (Wildman–Crippen LogP) is 0.781. The average molecular weight is 270 g/mol. The topological polar surface area (TPSA) is 50.8 Å². The largest absolute Gasteiger partial charge is 0.468 e. The highest BCUT2D eigenvalue weighted by molar-refractivity contribution is 5.75. The summed E-state index contributed by atoms with van der Waals surface area (Å²) in [5.74, 6) is -0.148. The van der Waals surface area contributed by atoms with Crippen molar-refractivity contribution in [1.29, 1.82) is 0 Å². The van der Waals surface area contributed by atoms with E-state index in [0.29, 0.717) is 12.2 Å². The van der Waals surface area contributed by atoms with Gasteiger partial charge in [0.1, 0.15) is 6.04 Å². The molecule has 5 heteroatoms. The van der Waals surface area contributed by atoms with Gasteiger partial charge in [0.05, 0.1) is 19.3 Å². The minimum Gasteiger partial charge on any atom is -0.468 e. The van der Waals surface area contributed by atoms with Crippen molar-refractivity contribution in [2.45, 2.75) is 50.9 Å². The summed E-state index contributed by atoms with van der Waals surface area (Å²) in [6.07, 6.45) is 5.05. The second-order valence-electron chi connectivity index (χ2n) is 5.54. The van der Waals surface area contributed by atoms with E-state index < -0.39 is 0 Å². The first-order chi connectivity index (χ1) is 9.22. The Balaban J connectivity index is 1.76. The van der Waals surface area contributed by atoms with Gasteiger partial charge in [0.2, 0.25) is 0 Å². The Hall–Kier alpha value is -0.650. The van der Waals surface area contributed by atoms with Crippen LogP contribution in [0, 0.1) is 0 Å². The number of carbonyl (C=O) groups is 1. The van der Waals surface area contributed by atoms with Gasteiger partial charge >= 0.3 is 5.97 Å². The highest BCUT2D eigenvalue weighted by atomic mass is 16.5. The number of nitrogens with zero attached hydrogens (tertiary/aromatic N) is 1. The van der Waals surface area contributed by atoms with E-state index in [1.54, 1.807) is 0 Å². The second kappa shape index (κ2) is 7.22. The number of morpholine rings is 1. The minimum absolute atomic E-state index is 0.148. The molecule has 19 heavy (non-hydrogen) atoms. The summed E-state index contributed by atoms with van der Waals surface area (Å²) in [6, 6.07) is -0.176. The van der Waals surface area contributed by atoms with Crippen molar-refractivity contribution in [3.05, 3.63) is 0 Å². The van der Waals surface area contributed by atoms with E-state index in [9.17, 15) is 4.79 Å². The average Bonchev–Trinajstić information content (AvgIpc) is 2.77. The Morgan fingerprint density at radius 3 is 2.68 bits per heavy atom. The monoisotopic (exact) mass is 270 g/mol. The molecule has 110 valence electrons. The second-order valence-corrected chi connectivity index (χ2v) is 5.54. The molecule has 0 amide bonds. The SMILES string of the molecule is CCCNC(CCN1CC2CCC(C1)O2)C(=O)OC. The number of rotatable bonds is 7. The zero-order chi connectivity index (χ0) is 13.7. The highest BCUT2D eigenvalue weighted by Gasteiger charge is 2.33. The van der Waals surface area contributed by atoms with Crippen LogP contribution < -0.4 is 5.32 Å². The molecule has 2 saturated heterocycles. The van der Waals surface area contributed by atoms with Crippen LogP contribution in [0.25, 0.3) is 0 Å². The summed E-state index contributed by atoms with van der Waals surface area (Å²) in [4.78, 5) is 14.1. The Morgan fingerprint density at radius 2 is 2.11 bits per heavy atom. The van der Waals surface area contributed by atoms with Crippen LogP contribution in [0.2, 0.25) is 0 Å². The quantitative estimate of drug-likeness (QED) is 0.693. The van der Waals surface area contributed by atoms with Crippen LogP contribution in [0.15, 0.2) is 0 Å². The van der Waals surface area contributed by atoms with Crippen LogP contribution in [0.3, 0.4) is 0 Å². The molecular weight excluding hydrogens is 244 g/mol. The van der Waals surface area contributed by atoms with Crippen molar-refractivity contribution in [2.75, 3.05) is 33.3 Å². The lowest BCUT2D eigenvalue weighted by atomic mass is 10.1. The Labute approximate surface area is 115 Å². The van der Waals surface area contributed by atoms with Crippen molar-refractivity contribution in [2.24, 2.45) is 0 Å². The molecule has 2 fully saturated rings. The summed E-state index contributed by atoms with van der Waals surface area (Å²) in [6.45, 7) is 5.91. The zero-order valence-corrected chi connectivity index (χ0v) is 12.1. The molecule has 2 aliphatic heterocycles. The minimum atomic E-state index is -0.176. The Kier molecular flexibility index (Phi) is 5.60. The standard InChI is InChI=1S/C14H26N2O3/c1-3-7-15-13(14(17)18-2)6-8-16-9-11-4-5-12(10-16)19-11/h11-13,15H,3-10H2,1-2H3. The summed E-state index contributed by atoms with van der Waals surface area (Å²) in [5, 5.41) is 3.27. The number of methoxy groups -OCH3 is 1. The van der Waals surface area contributed by atoms with Crippen LogP contribution in [0.1, 0.15) is 32.6 Å². The van der Waals surface area contributed by atoms with Crippen molar-refractivity contribution < 1.29 is 14.3 Å². The summed E-state index contributed by atoms with van der Waals surface area (Å²) >= 11 is 0. The van der Waals surface area contributed by atoms with E-state index >= 15 is 0 Å². The molecule has 2 heterocycles. The molecular formula is C14H26N2O3. The van der Waals surface area contributed by atoms with Gasteiger partial charge in [-0.15, -0.1) is 0 Å². The molecule has 2 rings (SSSR count). The number of carbonyl (C=O) groups excluding carboxylic acids is 1. The van der Waals surface area contributed by atoms with Crippen LogP contribution in [0.5, 0.6) is 0 Å². The molecule has 0 aromatic heterocycles. The molecule has 3 unspecified atom stereocenters. The van der Waals surface area contributed by atoms with E-state index in [0.717, 1.165) is 39.0 Å². The molecule has 1 N–H and O–H groups in total. The summed E-state index contributed by atoms with van der Waals surface area (Å²) in [5.41, 5.74) is 0. The fourth-order valence-corrected chi connectivity index (χ4v) is 2.96. The van der Waals surface area contributed by atoms with Crippen LogP contribution >= 0.6 is 0 Å². The lowest BCUT2D eigenvalue weighted by molar-refractivity contribution is -0.143. The third-order valence-corrected chi connectivity index (χ3v) is 3.98. The smallest absolute Gasteiger partial charge is 0.322 e. The van der Waals surface area contributed by atoms with E-state index in [1.165, 1.54) is 20.0 Å². The third kappa shape index (κ3) is 4.16. The van der Waals surface area contributed by atoms with E-state index in [2.05, 4.69) is 17.1 Å². The summed E-state index contributed by atoms with van der Waals surface area (Å²) in [7, 11) is 1.46. The molecule has 2 aliphatic rings. The van der Waals surface area contributed by atoms with Gasteiger partial charge in [-0.25, -0.2) is 0 Å². The molecule has 0 saturated carbocycles. The number of hydrogen-bond donors (Lipinski definition) is 1. The summed E-state index contributed by atoms with van der Waals surface area (Å²) < 4.78 is 10.7. The molecule has 0 aliphatic carbocycles. The molecule has 0 radical (unpaired) electrons. The number of esters is 1. The molecule has 0 aromatic rings. The highest BCUT2D eigenvalue weighted by Crippen LogP contribution is 2.26. The van der Waals surface area contributed by atoms with Crippen molar-refractivity contribution in [3.63, 3.8) is 0 Å². The van der Waals surface area contributed by atoms with Gasteiger partial charge in [-0.2, -0.15) is 0 Å². The van der Waals surface area contributed by atoms with Gasteiger partial charge in [-0.05, 0) is 32.2 Å². The van der Waals surface area contributed by atoms with Crippen molar-refractivity contribution >= 4 is 5.97 Å². The van der Waals surface area contributed by atoms with Crippen molar-refractivity contribution in [1.82, 2.24) is 10.2 Å². The van der Waals surface area contributed by atoms with Gasteiger partial charge in [0.15, 0.2) is 0 Å². The molecule has 2 bridgehead atoms. The maximum absolute atomic E-state index is 11.7. The van der Waals surface area contributed by atoms with E-state index in [-0.39, 0.29) is 12.0 Å². The number of nitrogens with one attached hydrogen (secondary N) is 1.